The summed E-state index contributed by atoms with van der Waals surface area (Å²) < 4.78 is 5.67. The molecule has 1 amide bonds. The van der Waals surface area contributed by atoms with Crippen LogP contribution in [0.1, 0.15) is 25.3 Å². The third-order valence-corrected chi connectivity index (χ3v) is 6.41. The zero-order chi connectivity index (χ0) is 22.2. The number of hydrogen-bond donors (Lipinski definition) is 1. The van der Waals surface area contributed by atoms with Gasteiger partial charge in [0.05, 0.1) is 12.5 Å². The topological polar surface area (TPSA) is 67.3 Å². The first kappa shape index (κ1) is 22.1. The molecule has 0 spiro atoms. The van der Waals surface area contributed by atoms with Gasteiger partial charge >= 0.3 is 0 Å². The Labute approximate surface area is 193 Å². The van der Waals surface area contributed by atoms with Gasteiger partial charge < -0.3 is 15.0 Å². The van der Waals surface area contributed by atoms with Gasteiger partial charge in [0.1, 0.15) is 10.8 Å². The number of anilines is 1. The van der Waals surface area contributed by atoms with Gasteiger partial charge in [-0.05, 0) is 38.0 Å². The average Bonchev–Trinajstić information content (AvgIpc) is 2.84. The Kier molecular flexibility index (Phi) is 7.61. The first-order valence-corrected chi connectivity index (χ1v) is 11.8. The summed E-state index contributed by atoms with van der Waals surface area (Å²) in [5.41, 5.74) is 0.992. The van der Waals surface area contributed by atoms with Crippen molar-refractivity contribution in [3.05, 3.63) is 72.6 Å². The second kappa shape index (κ2) is 11.0. The Hall–Kier alpha value is -3.06. The van der Waals surface area contributed by atoms with Crippen LogP contribution in [0.5, 0.6) is 5.75 Å². The molecule has 1 aliphatic rings. The first-order chi connectivity index (χ1) is 15.7. The van der Waals surface area contributed by atoms with Gasteiger partial charge in [0.2, 0.25) is 5.91 Å². The first-order valence-electron chi connectivity index (χ1n) is 11.0. The Morgan fingerprint density at radius 2 is 1.91 bits per heavy atom. The van der Waals surface area contributed by atoms with Crippen LogP contribution < -0.4 is 15.0 Å². The minimum absolute atomic E-state index is 0.0714. The summed E-state index contributed by atoms with van der Waals surface area (Å²) in [6, 6.07) is 18.0. The largest absolute Gasteiger partial charge is 0.494 e. The lowest BCUT2D eigenvalue weighted by Gasteiger charge is -2.33. The van der Waals surface area contributed by atoms with Crippen LogP contribution in [0.4, 0.5) is 5.82 Å². The van der Waals surface area contributed by atoms with E-state index >= 15 is 0 Å². The van der Waals surface area contributed by atoms with Crippen molar-refractivity contribution in [1.82, 2.24) is 15.3 Å². The number of para-hydroxylation sites is 1. The second-order valence-corrected chi connectivity index (χ2v) is 8.71. The van der Waals surface area contributed by atoms with Gasteiger partial charge in [-0.15, -0.1) is 0 Å². The van der Waals surface area contributed by atoms with E-state index in [-0.39, 0.29) is 11.8 Å². The third-order valence-electron chi connectivity index (χ3n) is 5.42. The minimum atomic E-state index is -0.0837. The van der Waals surface area contributed by atoms with Gasteiger partial charge in [-0.3, -0.25) is 4.79 Å². The molecule has 6 nitrogen and oxygen atoms in total. The summed E-state index contributed by atoms with van der Waals surface area (Å²) >= 11 is 1.60. The fraction of sp³-hybridized carbons (Fsp3) is 0.320. The molecule has 1 fully saturated rings. The predicted molar refractivity (Wildman–Crippen MR) is 127 cm³/mol. The summed E-state index contributed by atoms with van der Waals surface area (Å²) in [5, 5.41) is 3.97. The number of benzene rings is 2. The molecule has 0 aliphatic carbocycles. The molecule has 0 radical (unpaired) electrons. The number of aromatic nitrogens is 2. The van der Waals surface area contributed by atoms with Gasteiger partial charge in [0.15, 0.2) is 5.82 Å². The fourth-order valence-electron chi connectivity index (χ4n) is 3.86. The lowest BCUT2D eigenvalue weighted by molar-refractivity contribution is -0.125. The molecule has 166 valence electrons. The number of hydrogen-bond acceptors (Lipinski definition) is 6. The standard InChI is InChI=1S/C25H28N4O2S/c1-2-31-22-13-7-6-9-19(22)17-28-24(30)20-10-8-16-29(18-20)23-25(27-15-14-26-23)32-21-11-4-3-5-12-21/h3-7,9,11-15,20H,2,8,10,16-18H2,1H3,(H,28,30)/t20-/m0/s1. The Balaban J connectivity index is 1.41. The summed E-state index contributed by atoms with van der Waals surface area (Å²) in [5.74, 6) is 1.66. The van der Waals surface area contributed by atoms with Gasteiger partial charge in [0.25, 0.3) is 0 Å². The van der Waals surface area contributed by atoms with Crippen LogP contribution in [0.2, 0.25) is 0 Å². The Bertz CT molecular complexity index is 1030. The molecular formula is C25H28N4O2S. The quantitative estimate of drug-likeness (QED) is 0.545. The van der Waals surface area contributed by atoms with Gasteiger partial charge in [-0.1, -0.05) is 48.2 Å². The molecule has 32 heavy (non-hydrogen) atoms. The van der Waals surface area contributed by atoms with Crippen LogP contribution in [0.3, 0.4) is 0 Å². The van der Waals surface area contributed by atoms with E-state index in [1.54, 1.807) is 24.2 Å². The highest BCUT2D eigenvalue weighted by atomic mass is 32.2. The van der Waals surface area contributed by atoms with Gasteiger partial charge in [0, 0.05) is 42.5 Å². The predicted octanol–water partition coefficient (Wildman–Crippen LogP) is 4.56. The van der Waals surface area contributed by atoms with Gasteiger partial charge in [-0.25, -0.2) is 9.97 Å². The third kappa shape index (κ3) is 5.59. The summed E-state index contributed by atoms with van der Waals surface area (Å²) in [7, 11) is 0. The minimum Gasteiger partial charge on any atom is -0.494 e. The number of piperidine rings is 1. The normalized spacial score (nSPS) is 15.9. The zero-order valence-corrected chi connectivity index (χ0v) is 19.1. The molecule has 1 saturated heterocycles. The molecule has 1 aliphatic heterocycles. The molecule has 2 aromatic carbocycles. The van der Waals surface area contributed by atoms with Crippen molar-refractivity contribution in [1.29, 1.82) is 0 Å². The zero-order valence-electron chi connectivity index (χ0n) is 18.2. The molecule has 1 aromatic heterocycles. The van der Waals surface area contributed by atoms with Gasteiger partial charge in [-0.2, -0.15) is 0 Å². The van der Waals surface area contributed by atoms with E-state index in [0.29, 0.717) is 19.7 Å². The summed E-state index contributed by atoms with van der Waals surface area (Å²) in [4.78, 5) is 25.5. The second-order valence-electron chi connectivity index (χ2n) is 7.64. The number of nitrogens with zero attached hydrogens (tertiary/aromatic N) is 3. The summed E-state index contributed by atoms with van der Waals surface area (Å²) in [6.07, 6.45) is 5.26. The highest BCUT2D eigenvalue weighted by Crippen LogP contribution is 2.33. The van der Waals surface area contributed by atoms with E-state index in [9.17, 15) is 4.79 Å². The molecule has 1 N–H and O–H groups in total. The van der Waals surface area contributed by atoms with E-state index in [0.717, 1.165) is 46.4 Å². The molecule has 2 heterocycles. The van der Waals surface area contributed by atoms with Crippen molar-refractivity contribution in [2.24, 2.45) is 5.92 Å². The number of ether oxygens (including phenoxy) is 1. The van der Waals surface area contributed by atoms with Crippen LogP contribution in [-0.2, 0) is 11.3 Å². The maximum absolute atomic E-state index is 13.0. The van der Waals surface area contributed by atoms with Crippen molar-refractivity contribution in [3.63, 3.8) is 0 Å². The number of amides is 1. The van der Waals surface area contributed by atoms with Crippen molar-refractivity contribution in [2.45, 2.75) is 36.2 Å². The van der Waals surface area contributed by atoms with Crippen LogP contribution in [0.25, 0.3) is 0 Å². The van der Waals surface area contributed by atoms with Crippen molar-refractivity contribution < 1.29 is 9.53 Å². The number of nitrogens with one attached hydrogen (secondary N) is 1. The van der Waals surface area contributed by atoms with Crippen molar-refractivity contribution >= 4 is 23.5 Å². The van der Waals surface area contributed by atoms with E-state index in [1.165, 1.54) is 0 Å². The maximum Gasteiger partial charge on any atom is 0.225 e. The number of carbonyl (C=O) groups excluding carboxylic acids is 1. The van der Waals surface area contributed by atoms with E-state index in [2.05, 4.69) is 32.3 Å². The van der Waals surface area contributed by atoms with Crippen LogP contribution in [0.15, 0.2) is 76.9 Å². The molecular weight excluding hydrogens is 420 g/mol. The lowest BCUT2D eigenvalue weighted by atomic mass is 9.97. The molecule has 4 rings (SSSR count). The molecule has 0 bridgehead atoms. The molecule has 0 unspecified atom stereocenters. The molecule has 0 saturated carbocycles. The summed E-state index contributed by atoms with van der Waals surface area (Å²) in [6.45, 7) is 4.54. The van der Waals surface area contributed by atoms with Crippen molar-refractivity contribution in [2.75, 3.05) is 24.6 Å². The van der Waals surface area contributed by atoms with Crippen LogP contribution in [0, 0.1) is 5.92 Å². The van der Waals surface area contributed by atoms with Crippen LogP contribution >= 0.6 is 11.8 Å². The number of rotatable bonds is 8. The SMILES string of the molecule is CCOc1ccccc1CNC(=O)[C@H]1CCCN(c2nccnc2Sc2ccccc2)C1. The van der Waals surface area contributed by atoms with Crippen LogP contribution in [-0.4, -0.2) is 35.6 Å². The monoisotopic (exact) mass is 448 g/mol. The smallest absolute Gasteiger partial charge is 0.225 e. The molecule has 3 aromatic rings. The molecule has 7 heteroatoms. The average molecular weight is 449 g/mol. The fourth-order valence-corrected chi connectivity index (χ4v) is 4.77. The Morgan fingerprint density at radius 3 is 2.75 bits per heavy atom. The van der Waals surface area contributed by atoms with Crippen molar-refractivity contribution in [3.8, 4) is 5.75 Å². The maximum atomic E-state index is 13.0. The number of carbonyl (C=O) groups is 1. The Morgan fingerprint density at radius 1 is 1.12 bits per heavy atom. The van der Waals surface area contributed by atoms with E-state index in [1.807, 2.05) is 49.4 Å². The highest BCUT2D eigenvalue weighted by molar-refractivity contribution is 7.99. The molecule has 1 atom stereocenters. The lowest BCUT2D eigenvalue weighted by Crippen LogP contribution is -2.43. The highest BCUT2D eigenvalue weighted by Gasteiger charge is 2.28. The van der Waals surface area contributed by atoms with E-state index in [4.69, 9.17) is 4.74 Å². The van der Waals surface area contributed by atoms with E-state index < -0.39 is 0 Å².